The Bertz CT molecular complexity index is 4520. The van der Waals surface area contributed by atoms with Crippen molar-refractivity contribution in [3.8, 4) is 46.3 Å². The summed E-state index contributed by atoms with van der Waals surface area (Å²) in [4.78, 5) is 93.5. The van der Waals surface area contributed by atoms with Crippen molar-refractivity contribution in [1.82, 2.24) is 29.6 Å². The average Bonchev–Trinajstić information content (AvgIpc) is 1.45. The first-order valence-electron chi connectivity index (χ1n) is 35.6. The summed E-state index contributed by atoms with van der Waals surface area (Å²) in [5, 5.41) is 42.6. The number of pyridine rings is 2. The first-order chi connectivity index (χ1) is 52.4. The molecule has 4 aliphatic heterocycles. The summed E-state index contributed by atoms with van der Waals surface area (Å²) >= 11 is 0.430. The van der Waals surface area contributed by atoms with E-state index in [1.165, 1.54) is 21.9 Å². The fourth-order valence-electron chi connectivity index (χ4n) is 15.2. The molecule has 10 rings (SSSR count). The number of piperidine rings is 4. The number of carboxylic acids is 2. The van der Waals surface area contributed by atoms with E-state index in [1.54, 1.807) is 13.8 Å². The second-order valence-corrected chi connectivity index (χ2v) is 29.4. The highest BCUT2D eigenvalue weighted by Crippen LogP contribution is 2.50. The monoisotopic (exact) mass is 1610 g/mol. The molecule has 4 aromatic heterocycles. The number of amides is 4. The zero-order valence-corrected chi connectivity index (χ0v) is 61.2. The molecule has 0 aliphatic carbocycles. The van der Waals surface area contributed by atoms with Crippen LogP contribution < -0.4 is 18.9 Å². The molecular weight excluding hydrogens is 1530 g/mol. The highest BCUT2D eigenvalue weighted by atomic mass is 32.1. The Hall–Kier alpha value is -9.84. The molecule has 0 spiro atoms. The van der Waals surface area contributed by atoms with Crippen LogP contribution in [0.1, 0.15) is 176 Å². The standard InChI is InChI=1S/C75H74F14N8O12S2/c1-3-12-53-70(108-45-37-55(110-40-45)74(84,85)86,21-10-28-96(53)64(102)60-48(72(78,79)80)15-8-27-92-60)66(104)95-32-25-69(43-91,26-33-95)50-20-19-47(59(77)63(50)107-35-9-18-58(100)101)44-36-51(73(81,82)83)61(93-39-44)65(103)97-29-11-22-71(54(97)13-4-2,109-46-38-56(111-41-46)75(87,88)89)67(105)94-30-23-68(42-90,24-31-94)49-14-7-16-52(76)62(49)106-34-6-5-17-57(98)99/h7-8,14-16,19-20,27,36-41,53-54H,3-6,9-13,17-18,21-26,28-35H2,1-2H3,(H,98,99)(H,100,101)/t53-,54-,70+,71+/m1/s1. The molecule has 2 aromatic carbocycles. The number of likely N-dealkylation sites (tertiary alicyclic amines) is 4. The molecule has 0 unspecified atom stereocenters. The smallest absolute Gasteiger partial charge is 0.425 e. The second kappa shape index (κ2) is 33.6. The summed E-state index contributed by atoms with van der Waals surface area (Å²) in [6, 6.07) is 10.6. The van der Waals surface area contributed by atoms with Crippen molar-refractivity contribution in [1.29, 1.82) is 10.5 Å². The lowest BCUT2D eigenvalue weighted by Gasteiger charge is -2.51. The van der Waals surface area contributed by atoms with Crippen molar-refractivity contribution in [3.05, 3.63) is 139 Å². The predicted octanol–water partition coefficient (Wildman–Crippen LogP) is 16.1. The number of unbranched alkanes of at least 4 members (excludes halogenated alkanes) is 1. The van der Waals surface area contributed by atoms with E-state index in [2.05, 4.69) is 22.1 Å². The number of carbonyl (C=O) groups is 6. The van der Waals surface area contributed by atoms with Crippen LogP contribution >= 0.6 is 22.7 Å². The van der Waals surface area contributed by atoms with Gasteiger partial charge >= 0.3 is 36.6 Å². The molecule has 8 heterocycles. The van der Waals surface area contributed by atoms with E-state index in [4.69, 9.17) is 24.1 Å². The zero-order valence-electron chi connectivity index (χ0n) is 59.6. The first-order valence-corrected chi connectivity index (χ1v) is 37.3. The molecule has 4 saturated heterocycles. The molecule has 6 aromatic rings. The number of aliphatic carboxylic acids is 2. The Morgan fingerprint density at radius 1 is 0.559 bits per heavy atom. The van der Waals surface area contributed by atoms with Crippen LogP contribution in [0, 0.1) is 34.3 Å². The van der Waals surface area contributed by atoms with Crippen molar-refractivity contribution in [2.45, 2.75) is 182 Å². The first kappa shape index (κ1) is 83.6. The van der Waals surface area contributed by atoms with Gasteiger partial charge in [-0.05, 0) is 94.9 Å². The molecule has 2 N–H and O–H groups in total. The molecule has 0 saturated carbocycles. The number of aromatic nitrogens is 2. The normalized spacial score (nSPS) is 20.2. The van der Waals surface area contributed by atoms with Gasteiger partial charge in [0.1, 0.15) is 32.6 Å². The van der Waals surface area contributed by atoms with E-state index in [9.17, 15) is 69.5 Å². The topological polar surface area (TPSA) is 266 Å². The maximum atomic E-state index is 17.9. The third-order valence-electron chi connectivity index (χ3n) is 20.6. The van der Waals surface area contributed by atoms with E-state index >= 15 is 36.3 Å². The number of ether oxygens (including phenoxy) is 4. The molecule has 0 bridgehead atoms. The van der Waals surface area contributed by atoms with Crippen LogP contribution in [-0.2, 0) is 54.7 Å². The number of carboxylic acid groups (broad SMARTS) is 2. The van der Waals surface area contributed by atoms with Gasteiger partial charge in [-0.15, -0.1) is 22.7 Å². The lowest BCUT2D eigenvalue weighted by atomic mass is 9.72. The van der Waals surface area contributed by atoms with Gasteiger partial charge < -0.3 is 48.8 Å². The third kappa shape index (κ3) is 17.6. The van der Waals surface area contributed by atoms with E-state index < -0.39 is 206 Å². The molecule has 111 heavy (non-hydrogen) atoms. The Morgan fingerprint density at radius 3 is 1.49 bits per heavy atom. The minimum absolute atomic E-state index is 0.0802. The Labute approximate surface area is 634 Å². The number of carbonyl (C=O) groups excluding carboxylic acids is 4. The molecule has 596 valence electrons. The maximum Gasteiger partial charge on any atom is 0.425 e. The van der Waals surface area contributed by atoms with Gasteiger partial charge in [-0.1, -0.05) is 51.0 Å². The fraction of sp³-hybridized carbons (Fsp3) is 0.493. The van der Waals surface area contributed by atoms with Crippen LogP contribution in [0.15, 0.2) is 83.8 Å². The van der Waals surface area contributed by atoms with Crippen molar-refractivity contribution < 1.29 is 119 Å². The molecule has 4 aliphatic rings. The van der Waals surface area contributed by atoms with E-state index in [0.717, 1.165) is 57.2 Å². The molecule has 0 radical (unpaired) electrons. The Balaban J connectivity index is 0.974. The molecule has 20 nitrogen and oxygen atoms in total. The number of para-hydroxylation sites is 1. The van der Waals surface area contributed by atoms with Crippen molar-refractivity contribution in [3.63, 3.8) is 0 Å². The van der Waals surface area contributed by atoms with Crippen molar-refractivity contribution in [2.75, 3.05) is 52.5 Å². The van der Waals surface area contributed by atoms with Crippen LogP contribution in [-0.4, -0.2) is 151 Å². The zero-order chi connectivity index (χ0) is 80.8. The average molecular weight is 1610 g/mol. The van der Waals surface area contributed by atoms with E-state index in [0.29, 0.717) is 24.3 Å². The summed E-state index contributed by atoms with van der Waals surface area (Å²) in [6.07, 6.45) is -21.8. The van der Waals surface area contributed by atoms with Gasteiger partial charge in [0.25, 0.3) is 23.6 Å². The predicted molar refractivity (Wildman–Crippen MR) is 369 cm³/mol. The lowest BCUT2D eigenvalue weighted by Crippen LogP contribution is -2.68. The summed E-state index contributed by atoms with van der Waals surface area (Å²) in [7, 11) is 0. The summed E-state index contributed by atoms with van der Waals surface area (Å²) < 4.78 is 234. The Kier molecular flexibility index (Phi) is 25.3. The van der Waals surface area contributed by atoms with Crippen LogP contribution in [0.5, 0.6) is 23.0 Å². The largest absolute Gasteiger partial charge is 0.490 e. The van der Waals surface area contributed by atoms with Crippen LogP contribution in [0.2, 0.25) is 0 Å². The minimum atomic E-state index is -5.51. The maximum absolute atomic E-state index is 17.9. The molecule has 4 fully saturated rings. The summed E-state index contributed by atoms with van der Waals surface area (Å²) in [5.74, 6) is -11.2. The van der Waals surface area contributed by atoms with Crippen LogP contribution in [0.4, 0.5) is 61.5 Å². The van der Waals surface area contributed by atoms with Gasteiger partial charge in [0, 0.05) is 122 Å². The lowest BCUT2D eigenvalue weighted by molar-refractivity contribution is -0.161. The number of hydrogen-bond acceptors (Lipinski definition) is 16. The van der Waals surface area contributed by atoms with Gasteiger partial charge in [-0.3, -0.25) is 33.8 Å². The third-order valence-corrected chi connectivity index (χ3v) is 22.5. The van der Waals surface area contributed by atoms with E-state index in [-0.39, 0.29) is 162 Å². The number of nitrogens with zero attached hydrogens (tertiary/aromatic N) is 8. The Morgan fingerprint density at radius 2 is 1.03 bits per heavy atom. The van der Waals surface area contributed by atoms with Gasteiger partial charge in [-0.25, -0.2) is 13.8 Å². The van der Waals surface area contributed by atoms with Gasteiger partial charge in [0.2, 0.25) is 11.2 Å². The van der Waals surface area contributed by atoms with Crippen molar-refractivity contribution in [2.24, 2.45) is 0 Å². The summed E-state index contributed by atoms with van der Waals surface area (Å²) in [6.45, 7) is 0.395. The number of halogens is 14. The number of benzene rings is 2. The number of hydrogen-bond donors (Lipinski definition) is 2. The van der Waals surface area contributed by atoms with Crippen molar-refractivity contribution >= 4 is 58.2 Å². The van der Waals surface area contributed by atoms with Crippen LogP contribution in [0.25, 0.3) is 11.1 Å². The minimum Gasteiger partial charge on any atom is -0.490 e. The van der Waals surface area contributed by atoms with Gasteiger partial charge in [0.15, 0.2) is 23.1 Å². The number of nitriles is 2. The SMILES string of the molecule is CCC[C@H]1N(C(=O)c2ncc(-c3ccc(C4(C#N)CCN(C(=O)[C@]5(Oc6csc(C(F)(F)F)c6)CCCN(C(=O)c6ncccc6C(F)(F)F)[C@@H]5CCC)CC4)c(OCCCC(=O)O)c3F)cc2C(F)(F)F)CCC[C@@]1(Oc1csc(C(F)(F)F)c1)C(=O)N1CCC(C#N)(c2cccc(F)c2OCCCCC(=O)O)CC1. The molecular formula is C75H74F14N8O12S2. The molecule has 4 atom stereocenters. The van der Waals surface area contributed by atoms with Gasteiger partial charge in [0.05, 0.1) is 59.4 Å². The van der Waals surface area contributed by atoms with Crippen LogP contribution in [0.3, 0.4) is 0 Å². The quantitative estimate of drug-likeness (QED) is 0.0377. The number of alkyl halides is 12. The van der Waals surface area contributed by atoms with Gasteiger partial charge in [-0.2, -0.15) is 63.2 Å². The summed E-state index contributed by atoms with van der Waals surface area (Å²) in [5.41, 5.74) is -15.1. The highest BCUT2D eigenvalue weighted by molar-refractivity contribution is 7.10. The van der Waals surface area contributed by atoms with E-state index in [1.807, 2.05) is 0 Å². The molecule has 4 amide bonds. The second-order valence-electron chi connectivity index (χ2n) is 27.5. The number of thiophene rings is 2. The fourth-order valence-corrected chi connectivity index (χ4v) is 16.6. The molecule has 36 heteroatoms. The number of rotatable bonds is 26. The highest BCUT2D eigenvalue weighted by Gasteiger charge is 2.60.